The van der Waals surface area contributed by atoms with Crippen LogP contribution in [0.15, 0.2) is 54.6 Å². The Kier molecular flexibility index (Phi) is 8.26. The molecule has 0 saturated carbocycles. The van der Waals surface area contributed by atoms with Crippen LogP contribution in [0.2, 0.25) is 0 Å². The molecular weight excluding hydrogens is 387 g/mol. The molecule has 0 aromatic heterocycles. The normalized spacial score (nSPS) is 12.3. The molecule has 0 heterocycles. The summed E-state index contributed by atoms with van der Waals surface area (Å²) >= 11 is 1.46. The van der Waals surface area contributed by atoms with Crippen LogP contribution in [0.5, 0.6) is 0 Å². The van der Waals surface area contributed by atoms with Gasteiger partial charge in [0.2, 0.25) is 11.8 Å². The predicted octanol–water partition coefficient (Wildman–Crippen LogP) is 4.39. The Morgan fingerprint density at radius 3 is 2.24 bits per heavy atom. The van der Waals surface area contributed by atoms with Gasteiger partial charge in [0.25, 0.3) is 0 Å². The van der Waals surface area contributed by atoms with Gasteiger partial charge in [-0.2, -0.15) is 0 Å². The summed E-state index contributed by atoms with van der Waals surface area (Å²) in [5, 5.41) is 2.95. The summed E-state index contributed by atoms with van der Waals surface area (Å²) in [7, 11) is 0. The summed E-state index contributed by atoms with van der Waals surface area (Å²) < 4.78 is 13.0. The Morgan fingerprint density at radius 1 is 1.03 bits per heavy atom. The molecular formula is C23H29FN2O2S. The topological polar surface area (TPSA) is 49.4 Å². The lowest BCUT2D eigenvalue weighted by atomic mass is 10.1. The summed E-state index contributed by atoms with van der Waals surface area (Å²) in [6, 6.07) is 15.3. The predicted molar refractivity (Wildman–Crippen MR) is 117 cm³/mol. The van der Waals surface area contributed by atoms with Crippen LogP contribution in [-0.2, 0) is 21.9 Å². The molecule has 0 unspecified atom stereocenters. The molecule has 2 amide bonds. The lowest BCUT2D eigenvalue weighted by Crippen LogP contribution is -2.52. The van der Waals surface area contributed by atoms with Crippen molar-refractivity contribution < 1.29 is 14.0 Å². The van der Waals surface area contributed by atoms with E-state index in [-0.39, 0.29) is 28.9 Å². The molecule has 0 aliphatic carbocycles. The van der Waals surface area contributed by atoms with Crippen LogP contribution in [0.4, 0.5) is 4.39 Å². The standard InChI is InChI=1S/C23H29FN2O2S/c1-17(22(28)25-23(2,3)4)26(14-18-8-6-5-7-9-18)21(27)16-29-15-19-10-12-20(24)13-11-19/h5-13,17H,14-16H2,1-4H3,(H,25,28)/t17-/m1/s1. The van der Waals surface area contributed by atoms with E-state index >= 15 is 0 Å². The van der Waals surface area contributed by atoms with Crippen molar-refractivity contribution in [2.75, 3.05) is 5.75 Å². The molecule has 1 N–H and O–H groups in total. The van der Waals surface area contributed by atoms with Crippen LogP contribution in [0.1, 0.15) is 38.8 Å². The van der Waals surface area contributed by atoms with E-state index in [2.05, 4.69) is 5.32 Å². The first-order valence-electron chi connectivity index (χ1n) is 9.63. The van der Waals surface area contributed by atoms with E-state index in [1.165, 1.54) is 23.9 Å². The molecule has 156 valence electrons. The lowest BCUT2D eigenvalue weighted by molar-refractivity contribution is -0.139. The number of nitrogens with one attached hydrogen (secondary N) is 1. The van der Waals surface area contributed by atoms with Gasteiger partial charge in [-0.1, -0.05) is 42.5 Å². The molecule has 0 spiro atoms. The first-order valence-corrected chi connectivity index (χ1v) is 10.8. The first kappa shape index (κ1) is 22.9. The third kappa shape index (κ3) is 7.89. The highest BCUT2D eigenvalue weighted by atomic mass is 32.2. The van der Waals surface area contributed by atoms with Crippen LogP contribution in [0, 0.1) is 5.82 Å². The SMILES string of the molecule is C[C@H](C(=O)NC(C)(C)C)N(Cc1ccccc1)C(=O)CSCc1ccc(F)cc1. The van der Waals surface area contributed by atoms with Crippen molar-refractivity contribution in [3.8, 4) is 0 Å². The minimum Gasteiger partial charge on any atom is -0.350 e. The van der Waals surface area contributed by atoms with Gasteiger partial charge in [0.1, 0.15) is 11.9 Å². The van der Waals surface area contributed by atoms with Gasteiger partial charge in [-0.25, -0.2) is 4.39 Å². The minimum absolute atomic E-state index is 0.0995. The van der Waals surface area contributed by atoms with Gasteiger partial charge in [-0.3, -0.25) is 9.59 Å². The molecule has 0 radical (unpaired) electrons. The van der Waals surface area contributed by atoms with Crippen molar-refractivity contribution in [3.63, 3.8) is 0 Å². The molecule has 2 aromatic carbocycles. The van der Waals surface area contributed by atoms with Crippen LogP contribution in [-0.4, -0.2) is 34.0 Å². The number of hydrogen-bond donors (Lipinski definition) is 1. The molecule has 0 aliphatic heterocycles. The highest BCUT2D eigenvalue weighted by Crippen LogP contribution is 2.17. The van der Waals surface area contributed by atoms with E-state index in [1.807, 2.05) is 51.1 Å². The molecule has 29 heavy (non-hydrogen) atoms. The number of carbonyl (C=O) groups excluding carboxylic acids is 2. The van der Waals surface area contributed by atoms with Gasteiger partial charge in [0, 0.05) is 17.8 Å². The Bertz CT molecular complexity index is 804. The second kappa shape index (κ2) is 10.4. The fourth-order valence-corrected chi connectivity index (χ4v) is 3.63. The molecule has 0 fully saturated rings. The summed E-state index contributed by atoms with van der Waals surface area (Å²) in [5.41, 5.74) is 1.56. The third-order valence-electron chi connectivity index (χ3n) is 4.27. The maximum atomic E-state index is 13.0. The molecule has 1 atom stereocenters. The molecule has 0 saturated heterocycles. The van der Waals surface area contributed by atoms with Gasteiger partial charge in [0.15, 0.2) is 0 Å². The van der Waals surface area contributed by atoms with Crippen LogP contribution in [0.3, 0.4) is 0 Å². The van der Waals surface area contributed by atoms with Crippen molar-refractivity contribution in [2.45, 2.75) is 51.6 Å². The van der Waals surface area contributed by atoms with E-state index in [9.17, 15) is 14.0 Å². The molecule has 4 nitrogen and oxygen atoms in total. The van der Waals surface area contributed by atoms with Gasteiger partial charge >= 0.3 is 0 Å². The van der Waals surface area contributed by atoms with Gasteiger partial charge < -0.3 is 10.2 Å². The fraction of sp³-hybridized carbons (Fsp3) is 0.391. The molecule has 6 heteroatoms. The summed E-state index contributed by atoms with van der Waals surface area (Å²) in [6.07, 6.45) is 0. The van der Waals surface area contributed by atoms with E-state index in [1.54, 1.807) is 24.0 Å². The summed E-state index contributed by atoms with van der Waals surface area (Å²) in [4.78, 5) is 27.3. The number of benzene rings is 2. The molecule has 0 bridgehead atoms. The zero-order valence-electron chi connectivity index (χ0n) is 17.4. The van der Waals surface area contributed by atoms with Crippen LogP contribution < -0.4 is 5.32 Å². The smallest absolute Gasteiger partial charge is 0.242 e. The van der Waals surface area contributed by atoms with Crippen molar-refractivity contribution in [1.29, 1.82) is 0 Å². The number of thioether (sulfide) groups is 1. The number of carbonyl (C=O) groups is 2. The van der Waals surface area contributed by atoms with Crippen molar-refractivity contribution in [3.05, 3.63) is 71.5 Å². The Hall–Kier alpha value is -2.34. The van der Waals surface area contributed by atoms with Gasteiger partial charge in [-0.05, 0) is 51.0 Å². The number of hydrogen-bond acceptors (Lipinski definition) is 3. The van der Waals surface area contributed by atoms with Crippen LogP contribution >= 0.6 is 11.8 Å². The van der Waals surface area contributed by atoms with E-state index in [4.69, 9.17) is 0 Å². The number of halogens is 1. The van der Waals surface area contributed by atoms with Crippen LogP contribution in [0.25, 0.3) is 0 Å². The summed E-state index contributed by atoms with van der Waals surface area (Å²) in [5.74, 6) is 0.302. The fourth-order valence-electron chi connectivity index (χ4n) is 2.76. The first-order chi connectivity index (χ1) is 13.7. The maximum absolute atomic E-state index is 13.0. The average molecular weight is 417 g/mol. The zero-order chi connectivity index (χ0) is 21.4. The maximum Gasteiger partial charge on any atom is 0.242 e. The lowest BCUT2D eigenvalue weighted by Gasteiger charge is -2.31. The largest absolute Gasteiger partial charge is 0.350 e. The Balaban J connectivity index is 2.05. The molecule has 2 aromatic rings. The minimum atomic E-state index is -0.589. The van der Waals surface area contributed by atoms with Crippen molar-refractivity contribution in [2.24, 2.45) is 0 Å². The quantitative estimate of drug-likeness (QED) is 0.694. The third-order valence-corrected chi connectivity index (χ3v) is 5.26. The second-order valence-electron chi connectivity index (χ2n) is 8.04. The van der Waals surface area contributed by atoms with Gasteiger partial charge in [-0.15, -0.1) is 11.8 Å². The Labute approximate surface area is 176 Å². The number of rotatable bonds is 8. The van der Waals surface area contributed by atoms with Crippen molar-refractivity contribution in [1.82, 2.24) is 10.2 Å². The Morgan fingerprint density at radius 2 is 1.66 bits per heavy atom. The van der Waals surface area contributed by atoms with Gasteiger partial charge in [0.05, 0.1) is 5.75 Å². The zero-order valence-corrected chi connectivity index (χ0v) is 18.3. The monoisotopic (exact) mass is 416 g/mol. The number of nitrogens with zero attached hydrogens (tertiary/aromatic N) is 1. The highest BCUT2D eigenvalue weighted by molar-refractivity contribution is 7.99. The second-order valence-corrected chi connectivity index (χ2v) is 9.03. The number of amides is 2. The highest BCUT2D eigenvalue weighted by Gasteiger charge is 2.28. The van der Waals surface area contributed by atoms with E-state index < -0.39 is 6.04 Å². The molecule has 0 aliphatic rings. The van der Waals surface area contributed by atoms with E-state index in [0.29, 0.717) is 12.3 Å². The van der Waals surface area contributed by atoms with E-state index in [0.717, 1.165) is 11.1 Å². The van der Waals surface area contributed by atoms with Crippen molar-refractivity contribution >= 4 is 23.6 Å². The summed E-state index contributed by atoms with van der Waals surface area (Å²) in [6.45, 7) is 7.88. The molecule has 2 rings (SSSR count). The average Bonchev–Trinajstić information content (AvgIpc) is 2.66.